The first-order valence-electron chi connectivity index (χ1n) is 8.33. The number of rotatable bonds is 5. The van der Waals surface area contributed by atoms with Crippen molar-refractivity contribution in [2.24, 2.45) is 0 Å². The molecule has 5 aromatic heterocycles. The SMILES string of the molecule is [C]1=C(c2conn2)S(c2ccon2)(c2ncco2)N(c2ccsn2)N1c1nccs1. The van der Waals surface area contributed by atoms with Gasteiger partial charge in [-0.05, 0) is 17.6 Å². The van der Waals surface area contributed by atoms with Crippen LogP contribution in [0.25, 0.3) is 4.91 Å². The van der Waals surface area contributed by atoms with E-state index < -0.39 is 10.2 Å². The third kappa shape index (κ3) is 2.38. The van der Waals surface area contributed by atoms with Gasteiger partial charge in [0.2, 0.25) is 5.13 Å². The Morgan fingerprint density at radius 3 is 2.73 bits per heavy atom. The molecule has 1 unspecified atom stereocenters. The van der Waals surface area contributed by atoms with Crippen molar-refractivity contribution in [3.8, 4) is 0 Å². The van der Waals surface area contributed by atoms with Crippen LogP contribution in [0, 0.1) is 6.20 Å². The van der Waals surface area contributed by atoms with E-state index in [0.29, 0.717) is 31.8 Å². The van der Waals surface area contributed by atoms with E-state index in [2.05, 4.69) is 36.1 Å². The van der Waals surface area contributed by atoms with E-state index in [0.717, 1.165) is 0 Å². The van der Waals surface area contributed by atoms with Crippen LogP contribution in [0.2, 0.25) is 0 Å². The summed E-state index contributed by atoms with van der Waals surface area (Å²) in [6.45, 7) is 0. The molecule has 6 heterocycles. The van der Waals surface area contributed by atoms with Gasteiger partial charge in [-0.2, -0.15) is 4.37 Å². The van der Waals surface area contributed by atoms with E-state index in [1.807, 2.05) is 21.2 Å². The minimum Gasteiger partial charge on any atom is -0.439 e. The average Bonchev–Trinajstić information content (AvgIpc) is 3.62. The van der Waals surface area contributed by atoms with Crippen molar-refractivity contribution < 1.29 is 13.5 Å². The summed E-state index contributed by atoms with van der Waals surface area (Å²) in [5.74, 6) is 0.644. The topological polar surface area (TPSA) is 123 Å². The third-order valence-corrected chi connectivity index (χ3v) is 8.72. The molecule has 30 heavy (non-hydrogen) atoms. The van der Waals surface area contributed by atoms with Gasteiger partial charge in [0, 0.05) is 38.5 Å². The van der Waals surface area contributed by atoms with Crippen LogP contribution in [-0.2, 0) is 0 Å². The van der Waals surface area contributed by atoms with E-state index in [9.17, 15) is 0 Å². The number of aromatic nitrogens is 6. The predicted molar refractivity (Wildman–Crippen MR) is 107 cm³/mol. The Morgan fingerprint density at radius 2 is 2.07 bits per heavy atom. The first-order valence-corrected chi connectivity index (χ1v) is 11.6. The number of anilines is 2. The van der Waals surface area contributed by atoms with Crippen LogP contribution in [0.15, 0.2) is 77.8 Å². The van der Waals surface area contributed by atoms with Crippen molar-refractivity contribution in [2.45, 2.75) is 10.2 Å². The van der Waals surface area contributed by atoms with E-state index >= 15 is 0 Å². The first-order chi connectivity index (χ1) is 14.9. The van der Waals surface area contributed by atoms with Gasteiger partial charge in [0.15, 0.2) is 17.1 Å². The summed E-state index contributed by atoms with van der Waals surface area (Å²) in [5.41, 5.74) is 0.463. The summed E-state index contributed by atoms with van der Waals surface area (Å²) in [6.07, 6.45) is 11.1. The van der Waals surface area contributed by atoms with Crippen molar-refractivity contribution in [2.75, 3.05) is 9.42 Å². The van der Waals surface area contributed by atoms with Crippen molar-refractivity contribution in [3.63, 3.8) is 0 Å². The van der Waals surface area contributed by atoms with Gasteiger partial charge in [-0.1, -0.05) is 5.16 Å². The van der Waals surface area contributed by atoms with E-state index in [1.165, 1.54) is 41.7 Å². The summed E-state index contributed by atoms with van der Waals surface area (Å²) < 4.78 is 22.6. The molecule has 0 fully saturated rings. The van der Waals surface area contributed by atoms with Gasteiger partial charge in [-0.3, -0.25) is 0 Å². The molecule has 5 aromatic rings. The largest absolute Gasteiger partial charge is 0.439 e. The minimum atomic E-state index is -2.50. The molecule has 1 radical (unpaired) electrons. The summed E-state index contributed by atoms with van der Waals surface area (Å²) in [5, 5.41) is 19.2. The Bertz CT molecular complexity index is 1220. The minimum absolute atomic E-state index is 0.397. The summed E-state index contributed by atoms with van der Waals surface area (Å²) in [6, 6.07) is 3.65. The molecule has 0 N–H and O–H groups in total. The third-order valence-electron chi connectivity index (χ3n) is 4.14. The van der Waals surface area contributed by atoms with Crippen LogP contribution < -0.4 is 9.42 Å². The number of hydrogen-bond acceptors (Lipinski definition) is 13. The van der Waals surface area contributed by atoms with Crippen LogP contribution in [0.1, 0.15) is 5.69 Å². The highest BCUT2D eigenvalue weighted by atomic mass is 32.3. The maximum atomic E-state index is 5.86. The zero-order valence-electron chi connectivity index (χ0n) is 14.7. The maximum Gasteiger partial charge on any atom is 0.267 e. The maximum absolute atomic E-state index is 5.86. The highest BCUT2D eigenvalue weighted by Gasteiger charge is 2.55. The van der Waals surface area contributed by atoms with Crippen molar-refractivity contribution in [3.05, 3.63) is 66.0 Å². The van der Waals surface area contributed by atoms with Crippen molar-refractivity contribution >= 4 is 48.9 Å². The summed E-state index contributed by atoms with van der Waals surface area (Å²) >= 11 is 2.77. The highest BCUT2D eigenvalue weighted by molar-refractivity contribution is 8.42. The first kappa shape index (κ1) is 17.4. The normalized spacial score (nSPS) is 21.0. The number of hydrazine groups is 1. The molecule has 6 rings (SSSR count). The molecule has 0 bridgehead atoms. The van der Waals surface area contributed by atoms with E-state index in [-0.39, 0.29) is 0 Å². The van der Waals surface area contributed by atoms with Crippen LogP contribution in [0.5, 0.6) is 0 Å². The van der Waals surface area contributed by atoms with Crippen LogP contribution in [0.4, 0.5) is 10.9 Å². The van der Waals surface area contributed by atoms with Gasteiger partial charge in [0.25, 0.3) is 5.22 Å². The van der Waals surface area contributed by atoms with Gasteiger partial charge < -0.3 is 13.5 Å². The van der Waals surface area contributed by atoms with E-state index in [1.54, 1.807) is 23.5 Å². The standard InChI is InChI=1S/C16H9N8O3S3/c1-5-26-20-14(1)30(16-18-3-6-25-16)12(11-10-27-22-19-11)9-23(15-17-4-8-28-15)24(30)13-2-7-29-21-13/h1-8,10H. The molecule has 14 heteroatoms. The molecule has 0 spiro atoms. The number of nitrogens with zero attached hydrogens (tertiary/aromatic N) is 8. The van der Waals surface area contributed by atoms with Gasteiger partial charge in [-0.15, -0.1) is 16.4 Å². The molecule has 0 amide bonds. The van der Waals surface area contributed by atoms with Crippen LogP contribution >= 0.6 is 33.1 Å². The van der Waals surface area contributed by atoms with E-state index in [4.69, 9.17) is 13.5 Å². The Morgan fingerprint density at radius 1 is 1.07 bits per heavy atom. The predicted octanol–water partition coefficient (Wildman–Crippen LogP) is 3.84. The van der Waals surface area contributed by atoms with Gasteiger partial charge in [-0.25, -0.2) is 19.4 Å². The fraction of sp³-hybridized carbons (Fsp3) is 0. The molecule has 1 aliphatic heterocycles. The average molecular weight is 458 g/mol. The lowest BCUT2D eigenvalue weighted by Crippen LogP contribution is -2.38. The Balaban J connectivity index is 1.71. The lowest BCUT2D eigenvalue weighted by molar-refractivity contribution is 0.393. The molecule has 1 atom stereocenters. The smallest absolute Gasteiger partial charge is 0.267 e. The van der Waals surface area contributed by atoms with Gasteiger partial charge >= 0.3 is 0 Å². The second kappa shape index (κ2) is 6.79. The lowest BCUT2D eigenvalue weighted by Gasteiger charge is -2.42. The molecule has 0 aromatic carbocycles. The Hall–Kier alpha value is -3.49. The van der Waals surface area contributed by atoms with Crippen molar-refractivity contribution in [1.82, 2.24) is 29.9 Å². The second-order valence-electron chi connectivity index (χ2n) is 5.70. The molecular weight excluding hydrogens is 448 g/mol. The molecule has 1 aliphatic rings. The molecule has 0 saturated carbocycles. The molecule has 11 nitrogen and oxygen atoms in total. The van der Waals surface area contributed by atoms with Gasteiger partial charge in [0.05, 0.1) is 11.1 Å². The van der Waals surface area contributed by atoms with Crippen LogP contribution in [-0.4, -0.2) is 29.9 Å². The quantitative estimate of drug-likeness (QED) is 0.382. The molecule has 0 aliphatic carbocycles. The molecular formula is C16H9N8O3S3. The summed E-state index contributed by atoms with van der Waals surface area (Å²) in [7, 11) is -2.50. The monoisotopic (exact) mass is 457 g/mol. The number of oxazole rings is 1. The van der Waals surface area contributed by atoms with Gasteiger partial charge in [0.1, 0.15) is 24.4 Å². The zero-order chi connectivity index (χ0) is 20.0. The highest BCUT2D eigenvalue weighted by Crippen LogP contribution is 2.75. The number of thiazole rings is 1. The second-order valence-corrected chi connectivity index (χ2v) is 9.92. The Kier molecular flexibility index (Phi) is 3.93. The number of hydrogen-bond donors (Lipinski definition) is 0. The summed E-state index contributed by atoms with van der Waals surface area (Å²) in [4.78, 5) is 9.58. The molecule has 149 valence electrons. The molecule has 0 saturated heterocycles. The zero-order valence-corrected chi connectivity index (χ0v) is 17.2. The lowest BCUT2D eigenvalue weighted by atomic mass is 10.4. The van der Waals surface area contributed by atoms with Crippen LogP contribution in [0.3, 0.4) is 0 Å². The fourth-order valence-electron chi connectivity index (χ4n) is 3.04. The van der Waals surface area contributed by atoms with Crippen molar-refractivity contribution in [1.29, 1.82) is 0 Å². The fourth-order valence-corrected chi connectivity index (χ4v) is 7.45. The Labute approximate surface area is 177 Å².